The summed E-state index contributed by atoms with van der Waals surface area (Å²) in [7, 11) is 0. The maximum absolute atomic E-state index is 10.7. The van der Waals surface area contributed by atoms with E-state index in [1.807, 2.05) is 6.07 Å². The van der Waals surface area contributed by atoms with Crippen LogP contribution in [0.5, 0.6) is 0 Å². The van der Waals surface area contributed by atoms with E-state index in [0.717, 1.165) is 16.4 Å². The van der Waals surface area contributed by atoms with E-state index >= 15 is 0 Å². The molecular formula is C10H6N2OS. The number of anilines is 1. The SMILES string of the molecule is N#Cc1cc2c(C=O)ccc(N)c2s1. The highest BCUT2D eigenvalue weighted by Gasteiger charge is 2.07. The number of carbonyl (C=O) groups excluding carboxylic acids is 1. The number of benzene rings is 1. The molecule has 0 aliphatic heterocycles. The van der Waals surface area contributed by atoms with E-state index in [0.29, 0.717) is 16.1 Å². The monoisotopic (exact) mass is 202 g/mol. The van der Waals surface area contributed by atoms with Crippen LogP contribution in [0.3, 0.4) is 0 Å². The topological polar surface area (TPSA) is 66.9 Å². The molecule has 0 aliphatic rings. The van der Waals surface area contributed by atoms with Gasteiger partial charge in [-0.3, -0.25) is 4.79 Å². The fraction of sp³-hybridized carbons (Fsp3) is 0. The van der Waals surface area contributed by atoms with Crippen LogP contribution in [-0.2, 0) is 0 Å². The molecule has 0 spiro atoms. The summed E-state index contributed by atoms with van der Waals surface area (Å²) >= 11 is 1.31. The summed E-state index contributed by atoms with van der Waals surface area (Å²) < 4.78 is 0.811. The van der Waals surface area contributed by atoms with Crippen LogP contribution in [0.15, 0.2) is 18.2 Å². The largest absolute Gasteiger partial charge is 0.398 e. The van der Waals surface area contributed by atoms with Gasteiger partial charge in [-0.2, -0.15) is 5.26 Å². The van der Waals surface area contributed by atoms with Crippen LogP contribution < -0.4 is 5.73 Å². The van der Waals surface area contributed by atoms with Gasteiger partial charge < -0.3 is 5.73 Å². The Labute approximate surface area is 84.4 Å². The van der Waals surface area contributed by atoms with Crippen molar-refractivity contribution in [3.8, 4) is 6.07 Å². The average molecular weight is 202 g/mol. The highest BCUT2D eigenvalue weighted by molar-refractivity contribution is 7.20. The maximum Gasteiger partial charge on any atom is 0.150 e. The Kier molecular flexibility index (Phi) is 1.95. The first-order valence-corrected chi connectivity index (χ1v) is 4.75. The third-order valence-electron chi connectivity index (χ3n) is 1.98. The lowest BCUT2D eigenvalue weighted by Gasteiger charge is -1.96. The first-order chi connectivity index (χ1) is 6.76. The molecule has 1 aromatic heterocycles. The highest BCUT2D eigenvalue weighted by atomic mass is 32.1. The van der Waals surface area contributed by atoms with Crippen LogP contribution in [0.4, 0.5) is 5.69 Å². The zero-order valence-corrected chi connectivity index (χ0v) is 7.97. The molecule has 0 saturated carbocycles. The van der Waals surface area contributed by atoms with Crippen LogP contribution in [0.1, 0.15) is 15.2 Å². The fourth-order valence-electron chi connectivity index (χ4n) is 1.32. The summed E-state index contributed by atoms with van der Waals surface area (Å²) in [6.45, 7) is 0. The molecule has 68 valence electrons. The smallest absolute Gasteiger partial charge is 0.150 e. The molecular weight excluding hydrogens is 196 g/mol. The van der Waals surface area contributed by atoms with Crippen molar-refractivity contribution < 1.29 is 4.79 Å². The number of fused-ring (bicyclic) bond motifs is 1. The zero-order chi connectivity index (χ0) is 10.1. The van der Waals surface area contributed by atoms with Gasteiger partial charge in [0.25, 0.3) is 0 Å². The van der Waals surface area contributed by atoms with Gasteiger partial charge >= 0.3 is 0 Å². The number of nitrogens with two attached hydrogens (primary N) is 1. The Morgan fingerprint density at radius 2 is 2.29 bits per heavy atom. The second-order valence-corrected chi connectivity index (χ2v) is 3.88. The summed E-state index contributed by atoms with van der Waals surface area (Å²) in [6, 6.07) is 7.09. The fourth-order valence-corrected chi connectivity index (χ4v) is 2.24. The molecule has 4 heteroatoms. The van der Waals surface area contributed by atoms with E-state index < -0.39 is 0 Å². The maximum atomic E-state index is 10.7. The molecule has 14 heavy (non-hydrogen) atoms. The first kappa shape index (κ1) is 8.73. The molecule has 0 amide bonds. The second kappa shape index (κ2) is 3.13. The standard InChI is InChI=1S/C10H6N2OS/c11-4-7-3-8-6(5-13)1-2-9(12)10(8)14-7/h1-3,5H,12H2. The van der Waals surface area contributed by atoms with Crippen molar-refractivity contribution >= 4 is 33.4 Å². The molecule has 2 aromatic rings. The van der Waals surface area contributed by atoms with Crippen molar-refractivity contribution in [3.05, 3.63) is 28.6 Å². The lowest BCUT2D eigenvalue weighted by Crippen LogP contribution is -1.86. The van der Waals surface area contributed by atoms with Gasteiger partial charge in [-0.25, -0.2) is 0 Å². The van der Waals surface area contributed by atoms with Gasteiger partial charge in [0, 0.05) is 16.6 Å². The van der Waals surface area contributed by atoms with Crippen molar-refractivity contribution in [1.82, 2.24) is 0 Å². The second-order valence-electron chi connectivity index (χ2n) is 2.83. The summed E-state index contributed by atoms with van der Waals surface area (Å²) in [5.41, 5.74) is 6.92. The summed E-state index contributed by atoms with van der Waals surface area (Å²) in [4.78, 5) is 11.3. The first-order valence-electron chi connectivity index (χ1n) is 3.93. The molecule has 2 N–H and O–H groups in total. The molecule has 3 nitrogen and oxygen atoms in total. The molecule has 1 heterocycles. The molecule has 2 rings (SSSR count). The lowest BCUT2D eigenvalue weighted by molar-refractivity contribution is 0.112. The Bertz CT molecular complexity index is 551. The summed E-state index contributed by atoms with van der Waals surface area (Å²) in [5, 5.41) is 9.49. The Hall–Kier alpha value is -1.86. The molecule has 0 fully saturated rings. The van der Waals surface area contributed by atoms with Gasteiger partial charge in [-0.05, 0) is 18.2 Å². The lowest BCUT2D eigenvalue weighted by atomic mass is 10.1. The van der Waals surface area contributed by atoms with Crippen LogP contribution in [-0.4, -0.2) is 6.29 Å². The van der Waals surface area contributed by atoms with Crippen molar-refractivity contribution in [2.75, 3.05) is 5.73 Å². The minimum atomic E-state index is 0.570. The molecule has 0 bridgehead atoms. The van der Waals surface area contributed by atoms with Gasteiger partial charge in [0.1, 0.15) is 10.9 Å². The van der Waals surface area contributed by atoms with Crippen LogP contribution >= 0.6 is 11.3 Å². The number of thiophene rings is 1. The number of aldehydes is 1. The minimum Gasteiger partial charge on any atom is -0.398 e. The third kappa shape index (κ3) is 1.15. The number of carbonyl (C=O) groups is 1. The molecule has 0 atom stereocenters. The van der Waals surface area contributed by atoms with E-state index in [4.69, 9.17) is 11.0 Å². The highest BCUT2D eigenvalue weighted by Crippen LogP contribution is 2.31. The van der Waals surface area contributed by atoms with Crippen molar-refractivity contribution in [2.24, 2.45) is 0 Å². The zero-order valence-electron chi connectivity index (χ0n) is 7.15. The van der Waals surface area contributed by atoms with E-state index in [1.54, 1.807) is 18.2 Å². The Morgan fingerprint density at radius 3 is 2.93 bits per heavy atom. The van der Waals surface area contributed by atoms with Gasteiger partial charge in [-0.1, -0.05) is 0 Å². The Balaban J connectivity index is 2.89. The molecule has 0 aliphatic carbocycles. The summed E-state index contributed by atoms with van der Waals surface area (Å²) in [6.07, 6.45) is 0.773. The van der Waals surface area contributed by atoms with E-state index in [9.17, 15) is 4.79 Å². The average Bonchev–Trinajstić information content (AvgIpc) is 2.63. The predicted molar refractivity (Wildman–Crippen MR) is 56.3 cm³/mol. The van der Waals surface area contributed by atoms with Crippen molar-refractivity contribution in [1.29, 1.82) is 5.26 Å². The van der Waals surface area contributed by atoms with Gasteiger partial charge in [0.15, 0.2) is 6.29 Å². The molecule has 0 saturated heterocycles. The van der Waals surface area contributed by atoms with E-state index in [2.05, 4.69) is 0 Å². The molecule has 1 aromatic carbocycles. The number of nitriles is 1. The minimum absolute atomic E-state index is 0.570. The van der Waals surface area contributed by atoms with Crippen LogP contribution in [0.2, 0.25) is 0 Å². The predicted octanol–water partition coefficient (Wildman–Crippen LogP) is 2.17. The van der Waals surface area contributed by atoms with Crippen molar-refractivity contribution in [3.63, 3.8) is 0 Å². The number of rotatable bonds is 1. The van der Waals surface area contributed by atoms with Crippen LogP contribution in [0.25, 0.3) is 10.1 Å². The van der Waals surface area contributed by atoms with Crippen molar-refractivity contribution in [2.45, 2.75) is 0 Å². The molecule has 0 unspecified atom stereocenters. The number of hydrogen-bond donors (Lipinski definition) is 1. The number of hydrogen-bond acceptors (Lipinski definition) is 4. The van der Waals surface area contributed by atoms with Gasteiger partial charge in [0.2, 0.25) is 0 Å². The van der Waals surface area contributed by atoms with Crippen LogP contribution in [0, 0.1) is 11.3 Å². The summed E-state index contributed by atoms with van der Waals surface area (Å²) in [5.74, 6) is 0. The number of nitrogens with zero attached hydrogens (tertiary/aromatic N) is 1. The molecule has 0 radical (unpaired) electrons. The third-order valence-corrected chi connectivity index (χ3v) is 3.07. The quantitative estimate of drug-likeness (QED) is 0.569. The van der Waals surface area contributed by atoms with E-state index in [1.165, 1.54) is 11.3 Å². The Morgan fingerprint density at radius 1 is 1.50 bits per heavy atom. The normalized spacial score (nSPS) is 9.93. The van der Waals surface area contributed by atoms with Gasteiger partial charge in [0.05, 0.1) is 4.70 Å². The van der Waals surface area contributed by atoms with Gasteiger partial charge in [-0.15, -0.1) is 11.3 Å². The van der Waals surface area contributed by atoms with E-state index in [-0.39, 0.29) is 0 Å². The number of nitrogen functional groups attached to an aromatic ring is 1.